The summed E-state index contributed by atoms with van der Waals surface area (Å²) in [5.41, 5.74) is 8.05. The van der Waals surface area contributed by atoms with Gasteiger partial charge in [0.15, 0.2) is 4.34 Å². The summed E-state index contributed by atoms with van der Waals surface area (Å²) in [5.74, 6) is 1.84. The summed E-state index contributed by atoms with van der Waals surface area (Å²) >= 11 is 3.11. The molecule has 0 aliphatic heterocycles. The smallest absolute Gasteiger partial charge is 0.170 e. The van der Waals surface area contributed by atoms with Crippen LogP contribution in [0.4, 0.5) is 0 Å². The van der Waals surface area contributed by atoms with Crippen molar-refractivity contribution >= 4 is 23.3 Å². The van der Waals surface area contributed by atoms with Crippen LogP contribution in [0.2, 0.25) is 0 Å². The molecule has 0 bridgehead atoms. The minimum atomic E-state index is 0.558. The first-order valence-electron chi connectivity index (χ1n) is 4.33. The highest BCUT2D eigenvalue weighted by Crippen LogP contribution is 2.20. The third-order valence-electron chi connectivity index (χ3n) is 1.46. The van der Waals surface area contributed by atoms with E-state index in [2.05, 4.69) is 19.4 Å². The average Bonchev–Trinajstić information content (AvgIpc) is 2.65. The number of rotatable bonds is 6. The Labute approximate surface area is 90.7 Å². The van der Waals surface area contributed by atoms with Crippen molar-refractivity contribution in [1.29, 1.82) is 0 Å². The molecule has 0 atom stereocenters. The van der Waals surface area contributed by atoms with Crippen LogP contribution in [0.15, 0.2) is 9.45 Å². The van der Waals surface area contributed by atoms with E-state index in [1.54, 1.807) is 11.8 Å². The van der Waals surface area contributed by atoms with Crippen molar-refractivity contribution in [2.24, 2.45) is 5.11 Å². The maximum atomic E-state index is 8.05. The summed E-state index contributed by atoms with van der Waals surface area (Å²) in [4.78, 5) is 7.00. The van der Waals surface area contributed by atoms with Crippen LogP contribution in [0.1, 0.15) is 19.2 Å². The standard InChI is InChI=1S/C7H11N5S2/c1-2-6-10-7(14-11-6)13-5-3-4-9-12-8/h2-5H2,1H3. The van der Waals surface area contributed by atoms with Gasteiger partial charge in [-0.25, -0.2) is 4.98 Å². The second kappa shape index (κ2) is 6.64. The summed E-state index contributed by atoms with van der Waals surface area (Å²) < 4.78 is 5.18. The Morgan fingerprint density at radius 3 is 3.14 bits per heavy atom. The molecule has 0 spiro atoms. The van der Waals surface area contributed by atoms with Crippen molar-refractivity contribution in [2.75, 3.05) is 12.3 Å². The Bertz CT molecular complexity index is 318. The van der Waals surface area contributed by atoms with Crippen molar-refractivity contribution < 1.29 is 0 Å². The molecule has 0 radical (unpaired) electrons. The van der Waals surface area contributed by atoms with E-state index in [0.717, 1.165) is 28.8 Å². The van der Waals surface area contributed by atoms with E-state index in [1.807, 2.05) is 6.92 Å². The third-order valence-corrected chi connectivity index (χ3v) is 3.41. The minimum Gasteiger partial charge on any atom is -0.213 e. The van der Waals surface area contributed by atoms with Gasteiger partial charge in [-0.15, -0.1) is 0 Å². The number of thioether (sulfide) groups is 1. The number of nitrogens with zero attached hydrogens (tertiary/aromatic N) is 5. The molecule has 5 nitrogen and oxygen atoms in total. The quantitative estimate of drug-likeness (QED) is 0.247. The van der Waals surface area contributed by atoms with Crippen LogP contribution < -0.4 is 0 Å². The molecule has 1 heterocycles. The summed E-state index contributed by atoms with van der Waals surface area (Å²) in [6, 6.07) is 0. The summed E-state index contributed by atoms with van der Waals surface area (Å²) in [7, 11) is 0. The van der Waals surface area contributed by atoms with Crippen LogP contribution in [0.5, 0.6) is 0 Å². The van der Waals surface area contributed by atoms with Crippen molar-refractivity contribution in [3.8, 4) is 0 Å². The molecule has 7 heteroatoms. The van der Waals surface area contributed by atoms with E-state index < -0.39 is 0 Å². The van der Waals surface area contributed by atoms with Crippen molar-refractivity contribution in [3.05, 3.63) is 16.3 Å². The Balaban J connectivity index is 2.21. The van der Waals surface area contributed by atoms with Gasteiger partial charge in [-0.1, -0.05) is 23.8 Å². The van der Waals surface area contributed by atoms with Crippen LogP contribution in [0.3, 0.4) is 0 Å². The van der Waals surface area contributed by atoms with E-state index in [0.29, 0.717) is 6.54 Å². The fourth-order valence-electron chi connectivity index (χ4n) is 0.780. The van der Waals surface area contributed by atoms with Gasteiger partial charge in [0.1, 0.15) is 5.82 Å². The fourth-order valence-corrected chi connectivity index (χ4v) is 2.47. The maximum absolute atomic E-state index is 8.05. The second-order valence-electron chi connectivity index (χ2n) is 2.49. The molecule has 0 aliphatic carbocycles. The zero-order chi connectivity index (χ0) is 10.2. The van der Waals surface area contributed by atoms with Gasteiger partial charge in [0.05, 0.1) is 0 Å². The Morgan fingerprint density at radius 1 is 1.64 bits per heavy atom. The van der Waals surface area contributed by atoms with Crippen LogP contribution >= 0.6 is 23.3 Å². The van der Waals surface area contributed by atoms with Gasteiger partial charge >= 0.3 is 0 Å². The number of hydrogen-bond acceptors (Lipinski definition) is 5. The zero-order valence-electron chi connectivity index (χ0n) is 7.88. The summed E-state index contributed by atoms with van der Waals surface area (Å²) in [5, 5.41) is 3.46. The summed E-state index contributed by atoms with van der Waals surface area (Å²) in [6.07, 6.45) is 1.77. The molecule has 76 valence electrons. The molecular formula is C7H11N5S2. The molecule has 0 fully saturated rings. The lowest BCUT2D eigenvalue weighted by Crippen LogP contribution is -1.84. The van der Waals surface area contributed by atoms with E-state index in [1.165, 1.54) is 11.5 Å². The SMILES string of the molecule is CCc1nsc(SCCCN=[N+]=[N-])n1. The molecule has 1 aromatic rings. The Hall–Kier alpha value is -0.780. The zero-order valence-corrected chi connectivity index (χ0v) is 9.51. The Morgan fingerprint density at radius 2 is 2.50 bits per heavy atom. The molecule has 0 aliphatic rings. The molecule has 0 unspecified atom stereocenters. The van der Waals surface area contributed by atoms with Crippen LogP contribution in [-0.4, -0.2) is 21.7 Å². The predicted molar refractivity (Wildman–Crippen MR) is 58.6 cm³/mol. The van der Waals surface area contributed by atoms with Gasteiger partial charge in [0.2, 0.25) is 0 Å². The van der Waals surface area contributed by atoms with Gasteiger partial charge in [-0.3, -0.25) is 0 Å². The van der Waals surface area contributed by atoms with Crippen LogP contribution in [-0.2, 0) is 6.42 Å². The van der Waals surface area contributed by atoms with Crippen LogP contribution in [0, 0.1) is 0 Å². The molecule has 0 saturated carbocycles. The molecule has 1 aromatic heterocycles. The lowest BCUT2D eigenvalue weighted by molar-refractivity contribution is 0.929. The maximum Gasteiger partial charge on any atom is 0.170 e. The van der Waals surface area contributed by atoms with Gasteiger partial charge in [0, 0.05) is 23.6 Å². The van der Waals surface area contributed by atoms with Crippen molar-refractivity contribution in [3.63, 3.8) is 0 Å². The first-order valence-corrected chi connectivity index (χ1v) is 6.09. The van der Waals surface area contributed by atoms with E-state index in [-0.39, 0.29) is 0 Å². The minimum absolute atomic E-state index is 0.558. The second-order valence-corrected chi connectivity index (χ2v) is 4.58. The number of hydrogen-bond donors (Lipinski definition) is 0. The molecule has 1 rings (SSSR count). The Kier molecular flexibility index (Phi) is 5.36. The van der Waals surface area contributed by atoms with Gasteiger partial charge in [-0.05, 0) is 23.5 Å². The molecule has 0 saturated heterocycles. The predicted octanol–water partition coefficient (Wildman–Crippen LogP) is 2.89. The average molecular weight is 229 g/mol. The normalized spacial score (nSPS) is 9.79. The number of aryl methyl sites for hydroxylation is 1. The number of azide groups is 1. The highest BCUT2D eigenvalue weighted by Gasteiger charge is 2.01. The number of aromatic nitrogens is 2. The van der Waals surface area contributed by atoms with Gasteiger partial charge < -0.3 is 0 Å². The monoisotopic (exact) mass is 229 g/mol. The van der Waals surface area contributed by atoms with Crippen LogP contribution in [0.25, 0.3) is 10.4 Å². The van der Waals surface area contributed by atoms with E-state index >= 15 is 0 Å². The van der Waals surface area contributed by atoms with E-state index in [4.69, 9.17) is 5.53 Å². The lowest BCUT2D eigenvalue weighted by atomic mass is 10.5. The third kappa shape index (κ3) is 3.95. The molecule has 14 heavy (non-hydrogen) atoms. The summed E-state index contributed by atoms with van der Waals surface area (Å²) in [6.45, 7) is 2.60. The van der Waals surface area contributed by atoms with Crippen molar-refractivity contribution in [1.82, 2.24) is 9.36 Å². The molecule has 0 aromatic carbocycles. The fraction of sp³-hybridized carbons (Fsp3) is 0.714. The highest BCUT2D eigenvalue weighted by molar-refractivity contribution is 8.00. The highest BCUT2D eigenvalue weighted by atomic mass is 32.2. The van der Waals surface area contributed by atoms with Gasteiger partial charge in [-0.2, -0.15) is 4.37 Å². The van der Waals surface area contributed by atoms with Gasteiger partial charge in [0.25, 0.3) is 0 Å². The largest absolute Gasteiger partial charge is 0.213 e. The lowest BCUT2D eigenvalue weighted by Gasteiger charge is -1.92. The first kappa shape index (κ1) is 11.3. The molecule has 0 N–H and O–H groups in total. The molecular weight excluding hydrogens is 218 g/mol. The first-order chi connectivity index (χ1) is 6.86. The van der Waals surface area contributed by atoms with Crippen molar-refractivity contribution in [2.45, 2.75) is 24.1 Å². The molecule has 0 amide bonds. The topological polar surface area (TPSA) is 74.5 Å². The van der Waals surface area contributed by atoms with E-state index in [9.17, 15) is 0 Å².